The van der Waals surface area contributed by atoms with Crippen LogP contribution in [0.2, 0.25) is 0 Å². The van der Waals surface area contributed by atoms with Gasteiger partial charge in [-0.05, 0) is 43.7 Å². The first kappa shape index (κ1) is 21.9. The normalized spacial score (nSPS) is 11.6. The predicted octanol–water partition coefficient (Wildman–Crippen LogP) is 3.91. The molecule has 2 rings (SSSR count). The van der Waals surface area contributed by atoms with Crippen molar-refractivity contribution in [2.45, 2.75) is 32.9 Å². The summed E-state index contributed by atoms with van der Waals surface area (Å²) in [4.78, 5) is 26.5. The Morgan fingerprint density at radius 2 is 1.86 bits per heavy atom. The van der Waals surface area contributed by atoms with E-state index >= 15 is 0 Å². The molecule has 0 spiro atoms. The van der Waals surface area contributed by atoms with Gasteiger partial charge in [0.15, 0.2) is 6.61 Å². The van der Waals surface area contributed by atoms with Crippen LogP contribution in [0.1, 0.15) is 25.8 Å². The van der Waals surface area contributed by atoms with Gasteiger partial charge >= 0.3 is 0 Å². The second-order valence-electron chi connectivity index (χ2n) is 6.32. The van der Waals surface area contributed by atoms with Crippen molar-refractivity contribution in [3.05, 3.63) is 64.4 Å². The second kappa shape index (κ2) is 10.8. The molecule has 0 saturated carbocycles. The van der Waals surface area contributed by atoms with Crippen molar-refractivity contribution < 1.29 is 18.7 Å². The van der Waals surface area contributed by atoms with Crippen molar-refractivity contribution in [1.82, 2.24) is 10.2 Å². The summed E-state index contributed by atoms with van der Waals surface area (Å²) in [5.74, 6) is -0.568. The Hall–Kier alpha value is -2.41. The number of hydrogen-bond acceptors (Lipinski definition) is 3. The molecule has 0 aliphatic rings. The molecule has 0 unspecified atom stereocenters. The average Bonchev–Trinajstić information content (AvgIpc) is 2.70. The molecule has 1 atom stereocenters. The molecule has 0 radical (unpaired) electrons. The summed E-state index contributed by atoms with van der Waals surface area (Å²) in [7, 11) is 0. The van der Waals surface area contributed by atoms with Crippen LogP contribution < -0.4 is 10.1 Å². The predicted molar refractivity (Wildman–Crippen MR) is 109 cm³/mol. The van der Waals surface area contributed by atoms with Crippen LogP contribution in [0.4, 0.5) is 4.39 Å². The minimum atomic E-state index is -0.757. The van der Waals surface area contributed by atoms with Crippen LogP contribution >= 0.6 is 15.9 Å². The quantitative estimate of drug-likeness (QED) is 0.629. The van der Waals surface area contributed by atoms with Crippen molar-refractivity contribution in [2.24, 2.45) is 0 Å². The lowest BCUT2D eigenvalue weighted by atomic mass is 10.1. The number of ether oxygens (including phenoxy) is 1. The van der Waals surface area contributed by atoms with Crippen LogP contribution in [0.5, 0.6) is 5.75 Å². The Kier molecular flexibility index (Phi) is 8.44. The lowest BCUT2D eigenvalue weighted by Crippen LogP contribution is -2.49. The minimum Gasteiger partial charge on any atom is -0.484 e. The molecule has 0 heterocycles. The summed E-state index contributed by atoms with van der Waals surface area (Å²) in [6.45, 7) is 3.82. The molecule has 28 heavy (non-hydrogen) atoms. The van der Waals surface area contributed by atoms with Gasteiger partial charge in [-0.1, -0.05) is 41.1 Å². The highest BCUT2D eigenvalue weighted by Crippen LogP contribution is 2.17. The van der Waals surface area contributed by atoms with E-state index in [1.807, 2.05) is 6.92 Å². The van der Waals surface area contributed by atoms with Gasteiger partial charge in [-0.2, -0.15) is 0 Å². The van der Waals surface area contributed by atoms with E-state index < -0.39 is 17.8 Å². The molecular weight excluding hydrogens is 427 g/mol. The number of amides is 2. The summed E-state index contributed by atoms with van der Waals surface area (Å²) >= 11 is 3.34. The van der Waals surface area contributed by atoms with Gasteiger partial charge in [0.2, 0.25) is 5.91 Å². The Balaban J connectivity index is 2.13. The summed E-state index contributed by atoms with van der Waals surface area (Å²) in [5.41, 5.74) is 0.342. The molecule has 0 aromatic heterocycles. The van der Waals surface area contributed by atoms with Gasteiger partial charge in [0.1, 0.15) is 17.6 Å². The van der Waals surface area contributed by atoms with E-state index in [2.05, 4.69) is 21.2 Å². The van der Waals surface area contributed by atoms with Crippen molar-refractivity contribution >= 4 is 27.7 Å². The van der Waals surface area contributed by atoms with Gasteiger partial charge in [-0.25, -0.2) is 4.39 Å². The molecule has 0 saturated heterocycles. The Morgan fingerprint density at radius 3 is 2.50 bits per heavy atom. The monoisotopic (exact) mass is 450 g/mol. The van der Waals surface area contributed by atoms with Crippen molar-refractivity contribution in [1.29, 1.82) is 0 Å². The zero-order valence-corrected chi connectivity index (χ0v) is 17.5. The number of carbonyl (C=O) groups is 2. The van der Waals surface area contributed by atoms with Crippen LogP contribution in [0.15, 0.2) is 53.0 Å². The first-order chi connectivity index (χ1) is 13.4. The second-order valence-corrected chi connectivity index (χ2v) is 7.24. The number of nitrogens with one attached hydrogen (secondary N) is 1. The topological polar surface area (TPSA) is 58.6 Å². The smallest absolute Gasteiger partial charge is 0.261 e. The van der Waals surface area contributed by atoms with E-state index in [-0.39, 0.29) is 19.1 Å². The van der Waals surface area contributed by atoms with Gasteiger partial charge < -0.3 is 15.0 Å². The van der Waals surface area contributed by atoms with E-state index in [9.17, 15) is 14.0 Å². The molecule has 0 bridgehead atoms. The molecule has 2 aromatic carbocycles. The van der Waals surface area contributed by atoms with Crippen LogP contribution in [0, 0.1) is 5.82 Å². The summed E-state index contributed by atoms with van der Waals surface area (Å²) < 4.78 is 20.5. The van der Waals surface area contributed by atoms with E-state index in [0.29, 0.717) is 17.9 Å². The number of nitrogens with zero attached hydrogens (tertiary/aromatic N) is 1. The molecule has 150 valence electrons. The van der Waals surface area contributed by atoms with Gasteiger partial charge in [-0.15, -0.1) is 0 Å². The minimum absolute atomic E-state index is 0.0179. The lowest BCUT2D eigenvalue weighted by Gasteiger charge is -2.28. The molecule has 2 amide bonds. The molecule has 0 fully saturated rings. The summed E-state index contributed by atoms with van der Waals surface area (Å²) in [6, 6.07) is 12.5. The highest BCUT2D eigenvalue weighted by Gasteiger charge is 2.27. The standard InChI is InChI=1S/C21H24BrFN2O3/c1-3-12-24-21(27)15(2)25(13-16-6-4-5-7-19(16)23)20(26)14-28-18-10-8-17(22)9-11-18/h4-11,15H,3,12-14H2,1-2H3,(H,24,27)/t15-/m1/s1. The fourth-order valence-corrected chi connectivity index (χ4v) is 2.81. The van der Waals surface area contributed by atoms with Crippen molar-refractivity contribution in [3.63, 3.8) is 0 Å². The Bertz CT molecular complexity index is 798. The summed E-state index contributed by atoms with van der Waals surface area (Å²) in [6.07, 6.45) is 0.784. The highest BCUT2D eigenvalue weighted by molar-refractivity contribution is 9.10. The molecule has 7 heteroatoms. The van der Waals surface area contributed by atoms with Crippen LogP contribution in [-0.4, -0.2) is 35.9 Å². The number of carbonyl (C=O) groups excluding carboxylic acids is 2. The molecule has 1 N–H and O–H groups in total. The van der Waals surface area contributed by atoms with Crippen molar-refractivity contribution in [2.75, 3.05) is 13.2 Å². The number of benzene rings is 2. The van der Waals surface area contributed by atoms with Crippen LogP contribution in [0.3, 0.4) is 0 Å². The van der Waals surface area contributed by atoms with Gasteiger partial charge in [-0.3, -0.25) is 9.59 Å². The SMILES string of the molecule is CCCNC(=O)[C@@H](C)N(Cc1ccccc1F)C(=O)COc1ccc(Br)cc1. The molecule has 5 nitrogen and oxygen atoms in total. The van der Waals surface area contributed by atoms with Crippen LogP contribution in [-0.2, 0) is 16.1 Å². The van der Waals surface area contributed by atoms with Gasteiger partial charge in [0, 0.05) is 23.1 Å². The number of hydrogen-bond donors (Lipinski definition) is 1. The van der Waals surface area contributed by atoms with Crippen molar-refractivity contribution in [3.8, 4) is 5.75 Å². The maximum atomic E-state index is 14.1. The maximum absolute atomic E-state index is 14.1. The number of halogens is 2. The van der Waals surface area contributed by atoms with Crippen LogP contribution in [0.25, 0.3) is 0 Å². The fourth-order valence-electron chi connectivity index (χ4n) is 2.55. The Labute approximate surface area is 173 Å². The third-order valence-corrected chi connectivity index (χ3v) is 4.72. The first-order valence-corrected chi connectivity index (χ1v) is 9.90. The first-order valence-electron chi connectivity index (χ1n) is 9.11. The zero-order chi connectivity index (χ0) is 20.5. The fraction of sp³-hybridized carbons (Fsp3) is 0.333. The number of rotatable bonds is 9. The van der Waals surface area contributed by atoms with E-state index in [0.717, 1.165) is 10.9 Å². The zero-order valence-electron chi connectivity index (χ0n) is 16.0. The average molecular weight is 451 g/mol. The molecule has 0 aliphatic heterocycles. The third-order valence-electron chi connectivity index (χ3n) is 4.19. The Morgan fingerprint density at radius 1 is 1.18 bits per heavy atom. The molecule has 0 aliphatic carbocycles. The molecular formula is C21H24BrFN2O3. The maximum Gasteiger partial charge on any atom is 0.261 e. The van der Waals surface area contributed by atoms with Gasteiger partial charge in [0.25, 0.3) is 5.91 Å². The lowest BCUT2D eigenvalue weighted by molar-refractivity contribution is -0.142. The van der Waals surface area contributed by atoms with E-state index in [4.69, 9.17) is 4.74 Å². The molecule has 2 aromatic rings. The van der Waals surface area contributed by atoms with E-state index in [1.165, 1.54) is 11.0 Å². The summed E-state index contributed by atoms with van der Waals surface area (Å²) in [5, 5.41) is 2.78. The third kappa shape index (κ3) is 6.34. The van der Waals surface area contributed by atoms with E-state index in [1.54, 1.807) is 49.4 Å². The largest absolute Gasteiger partial charge is 0.484 e. The highest BCUT2D eigenvalue weighted by atomic mass is 79.9. The van der Waals surface area contributed by atoms with Gasteiger partial charge in [0.05, 0.1) is 0 Å².